The number of fused-ring (bicyclic) bond motifs is 1. The third-order valence-corrected chi connectivity index (χ3v) is 5.98. The largest absolute Gasteiger partial charge is 0.383 e. The van der Waals surface area contributed by atoms with Crippen molar-refractivity contribution in [2.24, 2.45) is 0 Å². The third-order valence-electron chi connectivity index (χ3n) is 5.12. The van der Waals surface area contributed by atoms with Crippen LogP contribution in [0.2, 0.25) is 0 Å². The number of aromatic amines is 1. The summed E-state index contributed by atoms with van der Waals surface area (Å²) in [7, 11) is 3.33. The first-order valence-corrected chi connectivity index (χ1v) is 11.0. The zero-order chi connectivity index (χ0) is 21.7. The summed E-state index contributed by atoms with van der Waals surface area (Å²) in [6.07, 6.45) is -0.132. The minimum atomic E-state index is -0.132. The molecule has 0 saturated carbocycles. The molecule has 0 aliphatic rings. The first-order valence-electron chi connectivity index (χ1n) is 9.97. The lowest BCUT2D eigenvalue weighted by atomic mass is 10.0. The van der Waals surface area contributed by atoms with Crippen molar-refractivity contribution in [3.05, 3.63) is 53.6 Å². The Morgan fingerprint density at radius 2 is 1.93 bits per heavy atom. The van der Waals surface area contributed by atoms with Crippen LogP contribution in [0, 0.1) is 6.92 Å². The quantitative estimate of drug-likeness (QED) is 0.500. The van der Waals surface area contributed by atoms with E-state index < -0.39 is 0 Å². The molecule has 1 N–H and O–H groups in total. The number of carbonyl (C=O) groups excluding carboxylic acids is 1. The molecule has 1 aromatic heterocycles. The number of hydrogen-bond acceptors (Lipinski definition) is 5. The number of ether oxygens (including phenoxy) is 2. The van der Waals surface area contributed by atoms with E-state index in [1.165, 1.54) is 11.8 Å². The number of thioether (sulfide) groups is 1. The fourth-order valence-corrected chi connectivity index (χ4v) is 4.31. The first kappa shape index (κ1) is 22.3. The molecule has 160 valence electrons. The standard InChI is InChI=1S/C23H29N3O3S/c1-15-9-8-10-18(17(3)29-5)22(15)26(16(2)13-28-4)21(27)14-30-23-24-19-11-6-7-12-20(19)25-23/h6-12,16-17H,13-14H2,1-5H3,(H,24,25). The van der Waals surface area contributed by atoms with Crippen molar-refractivity contribution in [2.45, 2.75) is 38.1 Å². The van der Waals surface area contributed by atoms with Gasteiger partial charge in [-0.3, -0.25) is 4.79 Å². The van der Waals surface area contributed by atoms with Gasteiger partial charge in [0.1, 0.15) is 0 Å². The number of methoxy groups -OCH3 is 2. The summed E-state index contributed by atoms with van der Waals surface area (Å²) >= 11 is 1.41. The van der Waals surface area contributed by atoms with Crippen LogP contribution in [0.3, 0.4) is 0 Å². The van der Waals surface area contributed by atoms with Crippen LogP contribution in [-0.2, 0) is 14.3 Å². The minimum absolute atomic E-state index is 0.00357. The normalized spacial score (nSPS) is 13.4. The van der Waals surface area contributed by atoms with Crippen LogP contribution < -0.4 is 4.90 Å². The number of para-hydroxylation sites is 3. The van der Waals surface area contributed by atoms with Crippen molar-refractivity contribution < 1.29 is 14.3 Å². The SMILES string of the molecule is COCC(C)N(C(=O)CSc1nc2ccccc2[nH]1)c1c(C)cccc1C(C)OC. The molecule has 1 heterocycles. The van der Waals surface area contributed by atoms with Gasteiger partial charge in [0.2, 0.25) is 5.91 Å². The molecule has 30 heavy (non-hydrogen) atoms. The smallest absolute Gasteiger partial charge is 0.237 e. The average Bonchev–Trinajstić information content (AvgIpc) is 3.16. The molecule has 2 atom stereocenters. The van der Waals surface area contributed by atoms with Crippen LogP contribution in [0.4, 0.5) is 5.69 Å². The predicted octanol–water partition coefficient (Wildman–Crippen LogP) is 4.74. The lowest BCUT2D eigenvalue weighted by Crippen LogP contribution is -2.43. The van der Waals surface area contributed by atoms with E-state index in [9.17, 15) is 4.79 Å². The number of nitrogens with zero attached hydrogens (tertiary/aromatic N) is 2. The predicted molar refractivity (Wildman–Crippen MR) is 122 cm³/mol. The Labute approximate surface area is 182 Å². The van der Waals surface area contributed by atoms with E-state index >= 15 is 0 Å². The van der Waals surface area contributed by atoms with Gasteiger partial charge in [0, 0.05) is 19.8 Å². The van der Waals surface area contributed by atoms with Gasteiger partial charge in [-0.05, 0) is 38.5 Å². The summed E-state index contributed by atoms with van der Waals surface area (Å²) in [4.78, 5) is 23.1. The van der Waals surface area contributed by atoms with Crippen LogP contribution in [0.1, 0.15) is 31.1 Å². The van der Waals surface area contributed by atoms with Crippen LogP contribution >= 0.6 is 11.8 Å². The van der Waals surface area contributed by atoms with Gasteiger partial charge in [-0.15, -0.1) is 0 Å². The second kappa shape index (κ2) is 10.1. The number of anilines is 1. The third kappa shape index (κ3) is 4.86. The highest BCUT2D eigenvalue weighted by Gasteiger charge is 2.27. The molecule has 0 aliphatic carbocycles. The molecule has 1 amide bonds. The van der Waals surface area contributed by atoms with E-state index in [2.05, 4.69) is 9.97 Å². The number of nitrogens with one attached hydrogen (secondary N) is 1. The molecule has 2 unspecified atom stereocenters. The molecular formula is C23H29N3O3S. The van der Waals surface area contributed by atoms with E-state index in [1.54, 1.807) is 14.2 Å². The maximum absolute atomic E-state index is 13.4. The second-order valence-electron chi connectivity index (χ2n) is 7.31. The number of carbonyl (C=O) groups is 1. The van der Waals surface area contributed by atoms with Gasteiger partial charge in [-0.25, -0.2) is 4.98 Å². The summed E-state index contributed by atoms with van der Waals surface area (Å²) in [5.41, 5.74) is 4.77. The summed E-state index contributed by atoms with van der Waals surface area (Å²) in [6, 6.07) is 13.8. The Morgan fingerprint density at radius 3 is 2.63 bits per heavy atom. The fourth-order valence-electron chi connectivity index (χ4n) is 3.57. The molecule has 3 aromatic rings. The number of benzene rings is 2. The monoisotopic (exact) mass is 427 g/mol. The van der Waals surface area contributed by atoms with Gasteiger partial charge in [-0.1, -0.05) is 42.1 Å². The van der Waals surface area contributed by atoms with E-state index in [-0.39, 0.29) is 23.8 Å². The van der Waals surface area contributed by atoms with Crippen molar-refractivity contribution in [1.29, 1.82) is 0 Å². The maximum atomic E-state index is 13.4. The number of hydrogen-bond donors (Lipinski definition) is 1. The van der Waals surface area contributed by atoms with Gasteiger partial charge >= 0.3 is 0 Å². The Kier molecular flexibility index (Phi) is 7.53. The zero-order valence-electron chi connectivity index (χ0n) is 18.1. The summed E-state index contributed by atoms with van der Waals surface area (Å²) in [5, 5.41) is 0.735. The summed E-state index contributed by atoms with van der Waals surface area (Å²) in [6.45, 7) is 6.45. The number of amides is 1. The molecule has 0 radical (unpaired) electrons. The van der Waals surface area contributed by atoms with Gasteiger partial charge in [0.05, 0.1) is 41.2 Å². The molecule has 7 heteroatoms. The highest BCUT2D eigenvalue weighted by atomic mass is 32.2. The van der Waals surface area contributed by atoms with Crippen LogP contribution in [0.15, 0.2) is 47.6 Å². The molecule has 0 fully saturated rings. The average molecular weight is 428 g/mol. The summed E-state index contributed by atoms with van der Waals surface area (Å²) in [5.74, 6) is 0.270. The van der Waals surface area contributed by atoms with Crippen LogP contribution in [0.25, 0.3) is 11.0 Å². The van der Waals surface area contributed by atoms with Gasteiger partial charge in [-0.2, -0.15) is 0 Å². The molecule has 6 nitrogen and oxygen atoms in total. The van der Waals surface area contributed by atoms with E-state index in [0.717, 1.165) is 33.0 Å². The minimum Gasteiger partial charge on any atom is -0.383 e. The number of aromatic nitrogens is 2. The second-order valence-corrected chi connectivity index (χ2v) is 8.27. The number of rotatable bonds is 9. The Morgan fingerprint density at radius 1 is 1.17 bits per heavy atom. The molecule has 2 aromatic carbocycles. The fraction of sp³-hybridized carbons (Fsp3) is 0.391. The Bertz CT molecular complexity index is 971. The highest BCUT2D eigenvalue weighted by molar-refractivity contribution is 7.99. The van der Waals surface area contributed by atoms with Crippen molar-refractivity contribution in [1.82, 2.24) is 9.97 Å². The van der Waals surface area contributed by atoms with Crippen LogP contribution in [-0.4, -0.2) is 48.5 Å². The van der Waals surface area contributed by atoms with Crippen LogP contribution in [0.5, 0.6) is 0 Å². The molecule has 0 saturated heterocycles. The molecule has 0 aliphatic heterocycles. The van der Waals surface area contributed by atoms with Crippen molar-refractivity contribution in [2.75, 3.05) is 31.5 Å². The first-order chi connectivity index (χ1) is 14.5. The maximum Gasteiger partial charge on any atom is 0.237 e. The lowest BCUT2D eigenvalue weighted by molar-refractivity contribution is -0.116. The summed E-state index contributed by atoms with van der Waals surface area (Å²) < 4.78 is 11.0. The Balaban J connectivity index is 1.89. The molecular weight excluding hydrogens is 398 g/mol. The number of aryl methyl sites for hydroxylation is 1. The Hall–Kier alpha value is -2.35. The topological polar surface area (TPSA) is 67.5 Å². The number of H-pyrrole nitrogens is 1. The van der Waals surface area contributed by atoms with Gasteiger partial charge < -0.3 is 19.4 Å². The van der Waals surface area contributed by atoms with Crippen molar-refractivity contribution in [3.8, 4) is 0 Å². The van der Waals surface area contributed by atoms with Crippen molar-refractivity contribution in [3.63, 3.8) is 0 Å². The van der Waals surface area contributed by atoms with Crippen molar-refractivity contribution >= 4 is 34.4 Å². The number of imidazole rings is 1. The lowest BCUT2D eigenvalue weighted by Gasteiger charge is -2.33. The molecule has 0 bridgehead atoms. The van der Waals surface area contributed by atoms with E-state index in [0.29, 0.717) is 6.61 Å². The highest BCUT2D eigenvalue weighted by Crippen LogP contribution is 2.33. The van der Waals surface area contributed by atoms with Gasteiger partial charge in [0.25, 0.3) is 0 Å². The zero-order valence-corrected chi connectivity index (χ0v) is 19.0. The van der Waals surface area contributed by atoms with E-state index in [1.807, 2.05) is 68.1 Å². The van der Waals surface area contributed by atoms with Gasteiger partial charge in [0.15, 0.2) is 5.16 Å². The molecule has 0 spiro atoms. The molecule has 3 rings (SSSR count). The van der Waals surface area contributed by atoms with E-state index in [4.69, 9.17) is 9.47 Å².